The summed E-state index contributed by atoms with van der Waals surface area (Å²) in [5, 5.41) is 7.81. The van der Waals surface area contributed by atoms with E-state index in [9.17, 15) is 0 Å². The van der Waals surface area contributed by atoms with Crippen LogP contribution in [0.15, 0.2) is 27.4 Å². The molecule has 0 aliphatic heterocycles. The van der Waals surface area contributed by atoms with Gasteiger partial charge in [-0.25, -0.2) is 0 Å². The second-order valence-electron chi connectivity index (χ2n) is 4.48. The summed E-state index contributed by atoms with van der Waals surface area (Å²) in [5.41, 5.74) is 2.34. The van der Waals surface area contributed by atoms with Gasteiger partial charge in [0.15, 0.2) is 0 Å². The van der Waals surface area contributed by atoms with Crippen molar-refractivity contribution in [3.8, 4) is 0 Å². The fourth-order valence-electron chi connectivity index (χ4n) is 2.38. The van der Waals surface area contributed by atoms with Crippen molar-refractivity contribution in [3.63, 3.8) is 0 Å². The summed E-state index contributed by atoms with van der Waals surface area (Å²) in [4.78, 5) is 0. The van der Waals surface area contributed by atoms with Crippen LogP contribution in [0, 0.1) is 0 Å². The van der Waals surface area contributed by atoms with Gasteiger partial charge in [-0.1, -0.05) is 13.8 Å². The summed E-state index contributed by atoms with van der Waals surface area (Å²) in [6, 6.07) is 2.13. The van der Waals surface area contributed by atoms with Crippen molar-refractivity contribution in [2.75, 3.05) is 7.05 Å². The molecule has 0 saturated carbocycles. The first-order valence-electron chi connectivity index (χ1n) is 6.67. The number of furan rings is 1. The largest absolute Gasteiger partial charge is 0.469 e. The van der Waals surface area contributed by atoms with Crippen LogP contribution in [0.1, 0.15) is 43.3 Å². The molecule has 1 atom stereocenters. The van der Waals surface area contributed by atoms with Crippen molar-refractivity contribution in [2.45, 2.75) is 39.3 Å². The lowest BCUT2D eigenvalue weighted by Gasteiger charge is -2.18. The third-order valence-corrected chi connectivity index (χ3v) is 3.85. The van der Waals surface area contributed by atoms with E-state index < -0.39 is 0 Å². The Bertz CT molecular complexity index is 533. The number of aryl methyl sites for hydroxylation is 2. The van der Waals surface area contributed by atoms with Gasteiger partial charge < -0.3 is 9.73 Å². The Morgan fingerprint density at radius 3 is 2.89 bits per heavy atom. The summed E-state index contributed by atoms with van der Waals surface area (Å²) in [6.45, 7) is 5.18. The zero-order valence-electron chi connectivity index (χ0n) is 11.6. The van der Waals surface area contributed by atoms with Gasteiger partial charge in [-0.3, -0.25) is 4.68 Å². The molecular formula is C14H20BrN3O. The van der Waals surface area contributed by atoms with Crippen LogP contribution >= 0.6 is 15.9 Å². The van der Waals surface area contributed by atoms with Crippen molar-refractivity contribution in [1.29, 1.82) is 0 Å². The van der Waals surface area contributed by atoms with Gasteiger partial charge in [0.2, 0.25) is 0 Å². The van der Waals surface area contributed by atoms with E-state index in [1.54, 1.807) is 6.26 Å². The maximum Gasteiger partial charge on any atom is 0.108 e. The standard InChI is InChI=1S/C14H20BrN3O/c1-4-7-18-14(11(15)9-17-18)13(16-3)10-6-8-19-12(10)5-2/h6,8-9,13,16H,4-5,7H2,1-3H3. The molecule has 0 saturated heterocycles. The molecule has 5 heteroatoms. The van der Waals surface area contributed by atoms with Crippen molar-refractivity contribution in [1.82, 2.24) is 15.1 Å². The highest BCUT2D eigenvalue weighted by atomic mass is 79.9. The van der Waals surface area contributed by atoms with Gasteiger partial charge in [0, 0.05) is 18.5 Å². The van der Waals surface area contributed by atoms with Gasteiger partial charge >= 0.3 is 0 Å². The van der Waals surface area contributed by atoms with Crippen LogP contribution < -0.4 is 5.32 Å². The third-order valence-electron chi connectivity index (χ3n) is 3.24. The Balaban J connectivity index is 2.45. The van der Waals surface area contributed by atoms with Gasteiger partial charge in [-0.05, 0) is 35.5 Å². The zero-order chi connectivity index (χ0) is 13.8. The summed E-state index contributed by atoms with van der Waals surface area (Å²) >= 11 is 3.61. The van der Waals surface area contributed by atoms with Crippen LogP contribution in [0.4, 0.5) is 0 Å². The molecule has 2 heterocycles. The van der Waals surface area contributed by atoms with Crippen LogP contribution in [0.5, 0.6) is 0 Å². The van der Waals surface area contributed by atoms with Crippen LogP contribution in [0.3, 0.4) is 0 Å². The molecule has 0 radical (unpaired) electrons. The molecular weight excluding hydrogens is 306 g/mol. The summed E-state index contributed by atoms with van der Waals surface area (Å²) in [7, 11) is 1.97. The summed E-state index contributed by atoms with van der Waals surface area (Å²) in [5.74, 6) is 1.02. The Morgan fingerprint density at radius 1 is 1.47 bits per heavy atom. The molecule has 0 bridgehead atoms. The number of halogens is 1. The minimum atomic E-state index is 0.0946. The highest BCUT2D eigenvalue weighted by molar-refractivity contribution is 9.10. The average molecular weight is 326 g/mol. The number of hydrogen-bond donors (Lipinski definition) is 1. The molecule has 0 amide bonds. The third kappa shape index (κ3) is 2.77. The molecule has 0 fully saturated rings. The van der Waals surface area contributed by atoms with Crippen LogP contribution in [-0.4, -0.2) is 16.8 Å². The van der Waals surface area contributed by atoms with Crippen molar-refractivity contribution in [3.05, 3.63) is 40.0 Å². The quantitative estimate of drug-likeness (QED) is 0.883. The molecule has 2 aromatic rings. The van der Waals surface area contributed by atoms with Crippen LogP contribution in [0.25, 0.3) is 0 Å². The fraction of sp³-hybridized carbons (Fsp3) is 0.500. The average Bonchev–Trinajstić information content (AvgIpc) is 3.01. The molecule has 0 aliphatic carbocycles. The minimum absolute atomic E-state index is 0.0946. The first kappa shape index (κ1) is 14.3. The molecule has 1 unspecified atom stereocenters. The van der Waals surface area contributed by atoms with Gasteiger partial charge in [0.05, 0.1) is 28.7 Å². The van der Waals surface area contributed by atoms with Crippen LogP contribution in [-0.2, 0) is 13.0 Å². The lowest BCUT2D eigenvalue weighted by molar-refractivity contribution is 0.493. The molecule has 4 nitrogen and oxygen atoms in total. The van der Waals surface area contributed by atoms with E-state index in [0.717, 1.165) is 35.3 Å². The van der Waals surface area contributed by atoms with E-state index in [4.69, 9.17) is 4.42 Å². The molecule has 104 valence electrons. The van der Waals surface area contributed by atoms with E-state index in [-0.39, 0.29) is 6.04 Å². The zero-order valence-corrected chi connectivity index (χ0v) is 13.2. The van der Waals surface area contributed by atoms with E-state index in [2.05, 4.69) is 44.9 Å². The number of hydrogen-bond acceptors (Lipinski definition) is 3. The Hall–Kier alpha value is -1.07. The van der Waals surface area contributed by atoms with Crippen molar-refractivity contribution in [2.24, 2.45) is 0 Å². The topological polar surface area (TPSA) is 43.0 Å². The van der Waals surface area contributed by atoms with Gasteiger partial charge in [-0.15, -0.1) is 0 Å². The first-order chi connectivity index (χ1) is 9.22. The SMILES string of the molecule is CCCn1ncc(Br)c1C(NC)c1ccoc1CC. The summed E-state index contributed by atoms with van der Waals surface area (Å²) < 4.78 is 8.63. The lowest BCUT2D eigenvalue weighted by atomic mass is 10.0. The minimum Gasteiger partial charge on any atom is -0.469 e. The molecule has 0 aromatic carbocycles. The lowest BCUT2D eigenvalue weighted by Crippen LogP contribution is -2.22. The summed E-state index contributed by atoms with van der Waals surface area (Å²) in [6.07, 6.45) is 5.57. The Morgan fingerprint density at radius 2 is 2.26 bits per heavy atom. The smallest absolute Gasteiger partial charge is 0.108 e. The highest BCUT2D eigenvalue weighted by Crippen LogP contribution is 2.31. The predicted molar refractivity (Wildman–Crippen MR) is 79.2 cm³/mol. The number of nitrogens with one attached hydrogen (secondary N) is 1. The van der Waals surface area contributed by atoms with E-state index in [1.807, 2.05) is 19.3 Å². The molecule has 19 heavy (non-hydrogen) atoms. The number of aromatic nitrogens is 2. The van der Waals surface area contributed by atoms with Gasteiger partial charge in [0.25, 0.3) is 0 Å². The monoisotopic (exact) mass is 325 g/mol. The van der Waals surface area contributed by atoms with Gasteiger partial charge in [0.1, 0.15) is 5.76 Å². The highest BCUT2D eigenvalue weighted by Gasteiger charge is 2.23. The van der Waals surface area contributed by atoms with Crippen LogP contribution in [0.2, 0.25) is 0 Å². The number of nitrogens with zero attached hydrogens (tertiary/aromatic N) is 2. The second kappa shape index (κ2) is 6.39. The predicted octanol–water partition coefficient (Wildman–Crippen LogP) is 3.52. The molecule has 0 spiro atoms. The van der Waals surface area contributed by atoms with Crippen molar-refractivity contribution < 1.29 is 4.42 Å². The molecule has 2 aromatic heterocycles. The van der Waals surface area contributed by atoms with Crippen molar-refractivity contribution >= 4 is 15.9 Å². The van der Waals surface area contributed by atoms with E-state index >= 15 is 0 Å². The number of rotatable bonds is 6. The maximum absolute atomic E-state index is 5.55. The Labute approximate surface area is 122 Å². The van der Waals surface area contributed by atoms with E-state index in [0.29, 0.717) is 0 Å². The first-order valence-corrected chi connectivity index (χ1v) is 7.46. The molecule has 1 N–H and O–H groups in total. The second-order valence-corrected chi connectivity index (χ2v) is 5.33. The van der Waals surface area contributed by atoms with E-state index in [1.165, 1.54) is 5.56 Å². The molecule has 2 rings (SSSR count). The fourth-order valence-corrected chi connectivity index (χ4v) is 2.91. The molecule has 0 aliphatic rings. The van der Waals surface area contributed by atoms with Gasteiger partial charge in [-0.2, -0.15) is 5.10 Å². The Kier molecular flexibility index (Phi) is 4.82. The maximum atomic E-state index is 5.55. The normalized spacial score (nSPS) is 12.8.